The largest absolute Gasteiger partial charge is 0.507 e. The highest BCUT2D eigenvalue weighted by Gasteiger charge is 2.13. The molecule has 0 spiro atoms. The van der Waals surface area contributed by atoms with Gasteiger partial charge in [-0.2, -0.15) is 0 Å². The summed E-state index contributed by atoms with van der Waals surface area (Å²) in [6.07, 6.45) is 3.83. The number of fused-ring (bicyclic) bond motifs is 1. The molecule has 0 fully saturated rings. The number of halogens is 1. The van der Waals surface area contributed by atoms with E-state index in [-0.39, 0.29) is 5.75 Å². The van der Waals surface area contributed by atoms with Crippen LogP contribution < -0.4 is 0 Å². The Morgan fingerprint density at radius 1 is 1.05 bits per heavy atom. The van der Waals surface area contributed by atoms with E-state index in [1.54, 1.807) is 30.3 Å². The number of aromatic hydroxyl groups is 1. The Labute approximate surface area is 131 Å². The molecule has 0 amide bonds. The molecule has 0 saturated carbocycles. The lowest BCUT2D eigenvalue weighted by Gasteiger charge is -2.06. The molecule has 0 atom stereocenters. The molecule has 0 aliphatic carbocycles. The van der Waals surface area contributed by atoms with Crippen LogP contribution in [0.2, 0.25) is 5.02 Å². The van der Waals surface area contributed by atoms with Gasteiger partial charge < -0.3 is 14.1 Å². The normalized spacial score (nSPS) is 11.1. The molecule has 0 bridgehead atoms. The van der Waals surface area contributed by atoms with Crippen molar-refractivity contribution in [3.8, 4) is 22.9 Å². The van der Waals surface area contributed by atoms with E-state index in [9.17, 15) is 5.11 Å². The zero-order valence-corrected chi connectivity index (χ0v) is 12.2. The third-order valence-electron chi connectivity index (χ3n) is 3.46. The molecule has 4 nitrogen and oxygen atoms in total. The Morgan fingerprint density at radius 3 is 2.64 bits per heavy atom. The van der Waals surface area contributed by atoms with E-state index in [4.69, 9.17) is 16.0 Å². The maximum absolute atomic E-state index is 10.3. The van der Waals surface area contributed by atoms with E-state index in [1.807, 2.05) is 35.2 Å². The number of rotatable bonds is 2. The first kappa shape index (κ1) is 13.0. The molecule has 2 heterocycles. The number of nitrogens with zero attached hydrogens (tertiary/aromatic N) is 2. The first-order valence-corrected chi connectivity index (χ1v) is 7.11. The Hall–Kier alpha value is -2.72. The summed E-state index contributed by atoms with van der Waals surface area (Å²) in [7, 11) is 0. The van der Waals surface area contributed by atoms with Crippen LogP contribution in [0.15, 0.2) is 65.3 Å². The van der Waals surface area contributed by atoms with Crippen molar-refractivity contribution in [2.24, 2.45) is 0 Å². The van der Waals surface area contributed by atoms with Crippen molar-refractivity contribution in [1.29, 1.82) is 0 Å². The van der Waals surface area contributed by atoms with Crippen molar-refractivity contribution < 1.29 is 9.52 Å². The average molecular weight is 311 g/mol. The quantitative estimate of drug-likeness (QED) is 0.586. The van der Waals surface area contributed by atoms with Gasteiger partial charge in [-0.1, -0.05) is 11.6 Å². The molecule has 108 valence electrons. The van der Waals surface area contributed by atoms with Gasteiger partial charge in [-0.15, -0.1) is 0 Å². The summed E-state index contributed by atoms with van der Waals surface area (Å²) in [5.41, 5.74) is 2.71. The van der Waals surface area contributed by atoms with Gasteiger partial charge in [0.25, 0.3) is 0 Å². The summed E-state index contributed by atoms with van der Waals surface area (Å²) in [5.74, 6) is 0.484. The van der Waals surface area contributed by atoms with Crippen molar-refractivity contribution in [1.82, 2.24) is 9.55 Å². The SMILES string of the molecule is Oc1cc(-n2cccc2)ccc1-c1nc2cc(Cl)ccc2o1. The average Bonchev–Trinajstić information content (AvgIpc) is 3.15. The molecule has 2 aromatic carbocycles. The van der Waals surface area contributed by atoms with Crippen molar-refractivity contribution in [3.63, 3.8) is 0 Å². The number of hydrogen-bond donors (Lipinski definition) is 1. The summed E-state index contributed by atoms with van der Waals surface area (Å²) < 4.78 is 7.60. The molecule has 22 heavy (non-hydrogen) atoms. The van der Waals surface area contributed by atoms with Crippen LogP contribution in [0.25, 0.3) is 28.2 Å². The molecule has 1 N–H and O–H groups in total. The number of benzene rings is 2. The maximum Gasteiger partial charge on any atom is 0.231 e. The van der Waals surface area contributed by atoms with E-state index in [1.165, 1.54) is 0 Å². The maximum atomic E-state index is 10.3. The van der Waals surface area contributed by atoms with Gasteiger partial charge in [-0.25, -0.2) is 4.98 Å². The van der Waals surface area contributed by atoms with Crippen LogP contribution in [0, 0.1) is 0 Å². The molecule has 4 aromatic rings. The van der Waals surface area contributed by atoms with E-state index in [2.05, 4.69) is 4.98 Å². The lowest BCUT2D eigenvalue weighted by molar-refractivity contribution is 0.474. The molecular formula is C17H11ClN2O2. The topological polar surface area (TPSA) is 51.2 Å². The minimum absolute atomic E-state index is 0.115. The Morgan fingerprint density at radius 2 is 1.86 bits per heavy atom. The molecule has 5 heteroatoms. The predicted octanol–water partition coefficient (Wildman–Crippen LogP) is 4.64. The first-order valence-electron chi connectivity index (χ1n) is 6.73. The summed E-state index contributed by atoms with van der Waals surface area (Å²) in [5, 5.41) is 10.9. The van der Waals surface area contributed by atoms with Gasteiger partial charge in [0.2, 0.25) is 5.89 Å². The standard InChI is InChI=1S/C17H11ClN2O2/c18-11-3-6-16-14(9-11)19-17(22-16)13-5-4-12(10-15(13)21)20-7-1-2-8-20/h1-10,21H. The lowest BCUT2D eigenvalue weighted by atomic mass is 10.2. The summed E-state index contributed by atoms with van der Waals surface area (Å²) in [4.78, 5) is 4.38. The summed E-state index contributed by atoms with van der Waals surface area (Å²) in [6.45, 7) is 0. The lowest BCUT2D eigenvalue weighted by Crippen LogP contribution is -1.89. The van der Waals surface area contributed by atoms with Gasteiger partial charge in [0.05, 0.1) is 5.56 Å². The summed E-state index contributed by atoms with van der Waals surface area (Å²) >= 11 is 5.95. The van der Waals surface area contributed by atoms with Gasteiger partial charge in [-0.3, -0.25) is 0 Å². The third-order valence-corrected chi connectivity index (χ3v) is 3.70. The zero-order chi connectivity index (χ0) is 15.1. The predicted molar refractivity (Wildman–Crippen MR) is 85.4 cm³/mol. The first-order chi connectivity index (χ1) is 10.7. The van der Waals surface area contributed by atoms with Crippen molar-refractivity contribution in [3.05, 3.63) is 65.9 Å². The summed E-state index contributed by atoms with van der Waals surface area (Å²) in [6, 6.07) is 14.5. The third kappa shape index (κ3) is 2.14. The highest BCUT2D eigenvalue weighted by atomic mass is 35.5. The minimum Gasteiger partial charge on any atom is -0.507 e. The fourth-order valence-electron chi connectivity index (χ4n) is 2.38. The smallest absolute Gasteiger partial charge is 0.231 e. The molecule has 4 rings (SSSR count). The number of hydrogen-bond acceptors (Lipinski definition) is 3. The van der Waals surface area contributed by atoms with Crippen molar-refractivity contribution >= 4 is 22.7 Å². The molecule has 0 aliphatic heterocycles. The number of phenolic OH excluding ortho intramolecular Hbond substituents is 1. The molecule has 2 aromatic heterocycles. The van der Waals surface area contributed by atoms with Crippen LogP contribution in [0.4, 0.5) is 0 Å². The molecule has 0 unspecified atom stereocenters. The molecule has 0 aliphatic rings. The van der Waals surface area contributed by atoms with Crippen molar-refractivity contribution in [2.75, 3.05) is 0 Å². The Balaban J connectivity index is 1.81. The molecular weight excluding hydrogens is 300 g/mol. The van der Waals surface area contributed by atoms with Gasteiger partial charge >= 0.3 is 0 Å². The fraction of sp³-hybridized carbons (Fsp3) is 0. The number of oxazole rings is 1. The number of phenols is 1. The second-order valence-electron chi connectivity index (χ2n) is 4.92. The second-order valence-corrected chi connectivity index (χ2v) is 5.36. The molecule has 0 radical (unpaired) electrons. The van der Waals surface area contributed by atoms with Gasteiger partial charge in [0.15, 0.2) is 5.58 Å². The van der Waals surface area contributed by atoms with Gasteiger partial charge in [-0.05, 0) is 42.5 Å². The zero-order valence-electron chi connectivity index (χ0n) is 11.4. The number of aromatic nitrogens is 2. The monoisotopic (exact) mass is 310 g/mol. The molecule has 0 saturated heterocycles. The van der Waals surface area contributed by atoms with Crippen LogP contribution in [-0.2, 0) is 0 Å². The van der Waals surface area contributed by atoms with Crippen LogP contribution in [-0.4, -0.2) is 14.7 Å². The Bertz CT molecular complexity index is 958. The highest BCUT2D eigenvalue weighted by molar-refractivity contribution is 6.31. The highest BCUT2D eigenvalue weighted by Crippen LogP contribution is 2.33. The van der Waals surface area contributed by atoms with Gasteiger partial charge in [0.1, 0.15) is 11.3 Å². The van der Waals surface area contributed by atoms with E-state index >= 15 is 0 Å². The van der Waals surface area contributed by atoms with Gasteiger partial charge in [0, 0.05) is 29.2 Å². The van der Waals surface area contributed by atoms with Crippen LogP contribution in [0.3, 0.4) is 0 Å². The van der Waals surface area contributed by atoms with Crippen LogP contribution >= 0.6 is 11.6 Å². The van der Waals surface area contributed by atoms with E-state index in [0.717, 1.165) is 5.69 Å². The second kappa shape index (κ2) is 4.93. The van der Waals surface area contributed by atoms with E-state index < -0.39 is 0 Å². The minimum atomic E-state index is 0.115. The van der Waals surface area contributed by atoms with Crippen LogP contribution in [0.5, 0.6) is 5.75 Å². The van der Waals surface area contributed by atoms with Crippen LogP contribution in [0.1, 0.15) is 0 Å². The van der Waals surface area contributed by atoms with E-state index in [0.29, 0.717) is 27.6 Å². The fourth-order valence-corrected chi connectivity index (χ4v) is 2.55. The Kier molecular flexibility index (Phi) is 2.91. The van der Waals surface area contributed by atoms with Crippen molar-refractivity contribution in [2.45, 2.75) is 0 Å².